The van der Waals surface area contributed by atoms with Crippen LogP contribution in [0.5, 0.6) is 0 Å². The third-order valence-corrected chi connectivity index (χ3v) is 3.94. The number of benzene rings is 2. The van der Waals surface area contributed by atoms with Crippen molar-refractivity contribution >= 4 is 42.8 Å². The molecule has 1 heterocycles. The Morgan fingerprint density at radius 3 is 2.58 bits per heavy atom. The number of hydrogen-bond donors (Lipinski definition) is 0. The van der Waals surface area contributed by atoms with Gasteiger partial charge in [0.15, 0.2) is 0 Å². The zero-order chi connectivity index (χ0) is 13.4. The molecule has 5 heteroatoms. The Balaban J connectivity index is 2.15. The second-order valence-corrected chi connectivity index (χ2v) is 5.88. The molecule has 96 valence electrons. The van der Waals surface area contributed by atoms with Gasteiger partial charge in [-0.1, -0.05) is 46.3 Å². The van der Waals surface area contributed by atoms with Gasteiger partial charge in [0.05, 0.1) is 6.54 Å². The van der Waals surface area contributed by atoms with Gasteiger partial charge in [-0.15, -0.1) is 0 Å². The second-order valence-electron chi connectivity index (χ2n) is 4.22. The molecule has 0 amide bonds. The van der Waals surface area contributed by atoms with Gasteiger partial charge in [-0.05, 0) is 33.6 Å². The number of rotatable bonds is 2. The zero-order valence-electron chi connectivity index (χ0n) is 9.78. The van der Waals surface area contributed by atoms with Crippen LogP contribution < -0.4 is 0 Å². The molecule has 2 nitrogen and oxygen atoms in total. The normalized spacial score (nSPS) is 11.1. The van der Waals surface area contributed by atoms with Crippen LogP contribution in [0, 0.1) is 5.82 Å². The van der Waals surface area contributed by atoms with Crippen molar-refractivity contribution in [3.8, 4) is 0 Å². The summed E-state index contributed by atoms with van der Waals surface area (Å²) in [7, 11) is 0. The van der Waals surface area contributed by atoms with E-state index in [0.717, 1.165) is 10.9 Å². The van der Waals surface area contributed by atoms with Crippen LogP contribution in [0.15, 0.2) is 51.5 Å². The van der Waals surface area contributed by atoms with E-state index >= 15 is 0 Å². The van der Waals surface area contributed by atoms with E-state index < -0.39 is 0 Å². The molecular formula is C14H9Br2FN2. The molecule has 19 heavy (non-hydrogen) atoms. The Morgan fingerprint density at radius 1 is 1.11 bits per heavy atom. The molecule has 0 radical (unpaired) electrons. The maximum Gasteiger partial charge on any atom is 0.150 e. The molecule has 0 saturated carbocycles. The molecule has 0 atom stereocenters. The topological polar surface area (TPSA) is 17.8 Å². The van der Waals surface area contributed by atoms with Crippen molar-refractivity contribution in [2.24, 2.45) is 0 Å². The first-order valence-corrected chi connectivity index (χ1v) is 7.29. The van der Waals surface area contributed by atoms with Gasteiger partial charge in [-0.3, -0.25) is 4.68 Å². The minimum Gasteiger partial charge on any atom is -0.256 e. The van der Waals surface area contributed by atoms with Gasteiger partial charge in [0, 0.05) is 9.86 Å². The summed E-state index contributed by atoms with van der Waals surface area (Å²) < 4.78 is 17.1. The minimum absolute atomic E-state index is 0.279. The summed E-state index contributed by atoms with van der Waals surface area (Å²) in [5, 5.41) is 5.13. The predicted octanol–water partition coefficient (Wildman–Crippen LogP) is 4.75. The molecule has 0 fully saturated rings. The zero-order valence-corrected chi connectivity index (χ0v) is 12.9. The molecule has 0 unspecified atom stereocenters. The third-order valence-electron chi connectivity index (χ3n) is 2.89. The highest BCUT2D eigenvalue weighted by molar-refractivity contribution is 9.11. The highest BCUT2D eigenvalue weighted by Gasteiger charge is 2.14. The number of fused-ring (bicyclic) bond motifs is 1. The third kappa shape index (κ3) is 2.44. The standard InChI is InChI=1S/C14H9Br2FN2/c15-10-6-11-13(12(17)7-10)19(18-14(11)16)8-9-4-2-1-3-5-9/h1-7H,8H2. The lowest BCUT2D eigenvalue weighted by Gasteiger charge is -2.04. The summed E-state index contributed by atoms with van der Waals surface area (Å²) in [5.41, 5.74) is 1.60. The summed E-state index contributed by atoms with van der Waals surface area (Å²) in [6.07, 6.45) is 0. The van der Waals surface area contributed by atoms with Crippen molar-refractivity contribution in [2.45, 2.75) is 6.54 Å². The van der Waals surface area contributed by atoms with Crippen LogP contribution in [0.25, 0.3) is 10.9 Å². The van der Waals surface area contributed by atoms with E-state index in [1.54, 1.807) is 4.68 Å². The lowest BCUT2D eigenvalue weighted by Crippen LogP contribution is -2.02. The van der Waals surface area contributed by atoms with Gasteiger partial charge in [0.1, 0.15) is 15.9 Å². The van der Waals surface area contributed by atoms with Gasteiger partial charge in [-0.2, -0.15) is 5.10 Å². The number of halogens is 3. The Hall–Kier alpha value is -1.20. The Kier molecular flexibility index (Phi) is 3.41. The first-order valence-electron chi connectivity index (χ1n) is 5.70. The molecule has 0 N–H and O–H groups in total. The molecule has 0 saturated heterocycles. The summed E-state index contributed by atoms with van der Waals surface area (Å²) in [4.78, 5) is 0. The highest BCUT2D eigenvalue weighted by atomic mass is 79.9. The van der Waals surface area contributed by atoms with E-state index in [1.165, 1.54) is 6.07 Å². The fraction of sp³-hybridized carbons (Fsp3) is 0.0714. The maximum atomic E-state index is 14.1. The molecule has 0 aliphatic rings. The lowest BCUT2D eigenvalue weighted by atomic mass is 10.2. The molecule has 3 rings (SSSR count). The molecule has 2 aromatic carbocycles. The first-order chi connectivity index (χ1) is 9.15. The monoisotopic (exact) mass is 382 g/mol. The summed E-state index contributed by atoms with van der Waals surface area (Å²) in [6, 6.07) is 13.2. The smallest absolute Gasteiger partial charge is 0.150 e. The molecule has 0 spiro atoms. The van der Waals surface area contributed by atoms with E-state index in [2.05, 4.69) is 37.0 Å². The van der Waals surface area contributed by atoms with E-state index in [9.17, 15) is 4.39 Å². The first kappa shape index (κ1) is 12.8. The van der Waals surface area contributed by atoms with E-state index in [0.29, 0.717) is 21.1 Å². The summed E-state index contributed by atoms with van der Waals surface area (Å²) in [5.74, 6) is -0.279. The SMILES string of the molecule is Fc1cc(Br)cc2c(Br)nn(Cc3ccccc3)c12. The molecule has 1 aromatic heterocycles. The van der Waals surface area contributed by atoms with Gasteiger partial charge in [0.25, 0.3) is 0 Å². The summed E-state index contributed by atoms with van der Waals surface area (Å²) in [6.45, 7) is 0.543. The summed E-state index contributed by atoms with van der Waals surface area (Å²) >= 11 is 6.68. The van der Waals surface area contributed by atoms with Crippen LogP contribution in [0.4, 0.5) is 4.39 Å². The van der Waals surface area contributed by atoms with Crippen molar-refractivity contribution in [3.63, 3.8) is 0 Å². The fourth-order valence-corrected chi connectivity index (χ4v) is 2.99. The maximum absolute atomic E-state index is 14.1. The molecule has 0 aliphatic heterocycles. The van der Waals surface area contributed by atoms with Crippen LogP contribution in [-0.4, -0.2) is 9.78 Å². The van der Waals surface area contributed by atoms with Crippen molar-refractivity contribution in [2.75, 3.05) is 0 Å². The van der Waals surface area contributed by atoms with Crippen molar-refractivity contribution in [1.82, 2.24) is 9.78 Å². The van der Waals surface area contributed by atoms with Crippen LogP contribution in [0.3, 0.4) is 0 Å². The second kappa shape index (κ2) is 5.06. The predicted molar refractivity (Wildman–Crippen MR) is 80.6 cm³/mol. The molecule has 0 bridgehead atoms. The van der Waals surface area contributed by atoms with Gasteiger partial charge < -0.3 is 0 Å². The highest BCUT2D eigenvalue weighted by Crippen LogP contribution is 2.29. The van der Waals surface area contributed by atoms with Gasteiger partial charge in [0.2, 0.25) is 0 Å². The Morgan fingerprint density at radius 2 is 1.84 bits per heavy atom. The largest absolute Gasteiger partial charge is 0.256 e. The number of nitrogens with zero attached hydrogens (tertiary/aromatic N) is 2. The quantitative estimate of drug-likeness (QED) is 0.624. The van der Waals surface area contributed by atoms with Crippen molar-refractivity contribution < 1.29 is 4.39 Å². The van der Waals surface area contributed by atoms with Crippen LogP contribution >= 0.6 is 31.9 Å². The molecular weight excluding hydrogens is 375 g/mol. The lowest BCUT2D eigenvalue weighted by molar-refractivity contribution is 0.615. The Labute approximate surface area is 126 Å². The van der Waals surface area contributed by atoms with E-state index in [4.69, 9.17) is 0 Å². The fourth-order valence-electron chi connectivity index (χ4n) is 2.07. The van der Waals surface area contributed by atoms with Crippen molar-refractivity contribution in [3.05, 3.63) is 62.9 Å². The number of hydrogen-bond acceptors (Lipinski definition) is 1. The van der Waals surface area contributed by atoms with Crippen LogP contribution in [-0.2, 0) is 6.54 Å². The van der Waals surface area contributed by atoms with E-state index in [1.807, 2.05) is 36.4 Å². The molecule has 3 aromatic rings. The van der Waals surface area contributed by atoms with Gasteiger partial charge >= 0.3 is 0 Å². The Bertz CT molecular complexity index is 738. The minimum atomic E-state index is -0.279. The average molecular weight is 384 g/mol. The molecule has 0 aliphatic carbocycles. The number of aromatic nitrogens is 2. The van der Waals surface area contributed by atoms with Crippen LogP contribution in [0.1, 0.15) is 5.56 Å². The van der Waals surface area contributed by atoms with E-state index in [-0.39, 0.29) is 5.82 Å². The van der Waals surface area contributed by atoms with Crippen LogP contribution in [0.2, 0.25) is 0 Å². The van der Waals surface area contributed by atoms with Gasteiger partial charge in [-0.25, -0.2) is 4.39 Å². The van der Waals surface area contributed by atoms with Crippen molar-refractivity contribution in [1.29, 1.82) is 0 Å². The average Bonchev–Trinajstić information content (AvgIpc) is 2.67.